The van der Waals surface area contributed by atoms with Crippen molar-refractivity contribution in [1.82, 2.24) is 5.43 Å². The number of amides is 1. The Balaban J connectivity index is 2.11. The summed E-state index contributed by atoms with van der Waals surface area (Å²) in [7, 11) is 0. The van der Waals surface area contributed by atoms with Gasteiger partial charge in [0.2, 0.25) is 0 Å². The normalized spacial score (nSPS) is 10.9. The summed E-state index contributed by atoms with van der Waals surface area (Å²) < 4.78 is 1.24. The number of rotatable bonds is 3. The van der Waals surface area contributed by atoms with Crippen molar-refractivity contribution in [2.75, 3.05) is 5.73 Å². The summed E-state index contributed by atoms with van der Waals surface area (Å²) in [5.74, 6) is -0.372. The van der Waals surface area contributed by atoms with Gasteiger partial charge in [0, 0.05) is 25.1 Å². The third-order valence-electron chi connectivity index (χ3n) is 2.67. The predicted molar refractivity (Wildman–Crippen MR) is 97.8 cm³/mol. The average molecular weight is 466 g/mol. The van der Waals surface area contributed by atoms with E-state index in [1.165, 1.54) is 6.21 Å². The van der Waals surface area contributed by atoms with E-state index in [4.69, 9.17) is 28.9 Å². The molecule has 0 atom stereocenters. The van der Waals surface area contributed by atoms with Crippen molar-refractivity contribution in [2.24, 2.45) is 5.10 Å². The first kappa shape index (κ1) is 17.3. The number of hydrogen-bond acceptors (Lipinski definition) is 3. The number of nitrogens with one attached hydrogen (secondary N) is 1. The highest BCUT2D eigenvalue weighted by atomic mass is 79.9. The smallest absolute Gasteiger partial charge is 0.271 e. The zero-order valence-electron chi connectivity index (χ0n) is 10.9. The minimum Gasteiger partial charge on any atom is -0.397 e. The van der Waals surface area contributed by atoms with E-state index in [9.17, 15) is 4.79 Å². The summed E-state index contributed by atoms with van der Waals surface area (Å²) in [5.41, 5.74) is 9.77. The molecule has 1 amide bonds. The molecule has 0 saturated carbocycles. The number of hydrogen-bond donors (Lipinski definition) is 2. The van der Waals surface area contributed by atoms with Crippen LogP contribution in [0, 0.1) is 0 Å². The van der Waals surface area contributed by atoms with Crippen LogP contribution in [-0.4, -0.2) is 12.1 Å². The Hall–Kier alpha value is -1.08. The van der Waals surface area contributed by atoms with E-state index < -0.39 is 0 Å². The topological polar surface area (TPSA) is 67.5 Å². The van der Waals surface area contributed by atoms with Crippen molar-refractivity contribution in [3.8, 4) is 0 Å². The molecule has 3 N–H and O–H groups in total. The molecule has 0 unspecified atom stereocenters. The van der Waals surface area contributed by atoms with Gasteiger partial charge in [0.05, 0.1) is 16.9 Å². The van der Waals surface area contributed by atoms with Crippen molar-refractivity contribution in [2.45, 2.75) is 0 Å². The van der Waals surface area contributed by atoms with Crippen LogP contribution in [0.15, 0.2) is 44.4 Å². The van der Waals surface area contributed by atoms with Crippen LogP contribution in [0.4, 0.5) is 5.69 Å². The number of halogens is 4. The van der Waals surface area contributed by atoms with Gasteiger partial charge in [-0.3, -0.25) is 4.79 Å². The van der Waals surface area contributed by atoms with E-state index in [-0.39, 0.29) is 5.91 Å². The Kier molecular flexibility index (Phi) is 5.86. The molecule has 0 radical (unpaired) electrons. The molecule has 0 aliphatic carbocycles. The first-order chi connectivity index (χ1) is 10.4. The fraction of sp³-hybridized carbons (Fsp3) is 0. The molecule has 2 aromatic rings. The molecule has 0 saturated heterocycles. The summed E-state index contributed by atoms with van der Waals surface area (Å²) in [4.78, 5) is 12.0. The Labute approximate surface area is 153 Å². The molecule has 0 spiro atoms. The van der Waals surface area contributed by atoms with Crippen molar-refractivity contribution in [3.63, 3.8) is 0 Å². The lowest BCUT2D eigenvalue weighted by atomic mass is 10.2. The number of nitrogen functional groups attached to an aromatic ring is 1. The number of benzene rings is 2. The van der Waals surface area contributed by atoms with Crippen LogP contribution in [0.1, 0.15) is 15.9 Å². The molecular weight excluding hydrogens is 457 g/mol. The molecular formula is C14H9Br2Cl2N3O. The van der Waals surface area contributed by atoms with Gasteiger partial charge in [0.15, 0.2) is 0 Å². The Morgan fingerprint density at radius 1 is 1.18 bits per heavy atom. The zero-order valence-corrected chi connectivity index (χ0v) is 15.6. The molecule has 114 valence electrons. The Morgan fingerprint density at radius 2 is 1.82 bits per heavy atom. The average Bonchev–Trinajstić information content (AvgIpc) is 2.46. The van der Waals surface area contributed by atoms with E-state index in [2.05, 4.69) is 42.4 Å². The lowest BCUT2D eigenvalue weighted by Gasteiger charge is -2.05. The van der Waals surface area contributed by atoms with Crippen LogP contribution in [0.2, 0.25) is 10.0 Å². The quantitative estimate of drug-likeness (QED) is 0.386. The lowest BCUT2D eigenvalue weighted by molar-refractivity contribution is 0.0955. The van der Waals surface area contributed by atoms with Crippen molar-refractivity contribution >= 4 is 72.9 Å². The second-order valence-corrected chi connectivity index (χ2v) is 6.77. The number of anilines is 1. The number of nitrogens with two attached hydrogens (primary N) is 1. The van der Waals surface area contributed by atoms with Crippen molar-refractivity contribution in [3.05, 3.63) is 60.4 Å². The van der Waals surface area contributed by atoms with Gasteiger partial charge in [-0.2, -0.15) is 5.10 Å². The molecule has 2 aromatic carbocycles. The van der Waals surface area contributed by atoms with Gasteiger partial charge in [-0.05, 0) is 56.1 Å². The second kappa shape index (κ2) is 7.46. The maximum Gasteiger partial charge on any atom is 0.271 e. The minimum absolute atomic E-state index is 0.372. The van der Waals surface area contributed by atoms with Gasteiger partial charge in [-0.25, -0.2) is 5.43 Å². The maximum absolute atomic E-state index is 12.0. The van der Waals surface area contributed by atoms with E-state index in [0.717, 1.165) is 0 Å². The molecule has 0 bridgehead atoms. The van der Waals surface area contributed by atoms with E-state index >= 15 is 0 Å². The van der Waals surface area contributed by atoms with E-state index in [0.29, 0.717) is 35.8 Å². The third kappa shape index (κ3) is 4.23. The van der Waals surface area contributed by atoms with E-state index in [1.54, 1.807) is 30.3 Å². The summed E-state index contributed by atoms with van der Waals surface area (Å²) in [5, 5.41) is 4.85. The van der Waals surface area contributed by atoms with Crippen LogP contribution in [0.5, 0.6) is 0 Å². The highest BCUT2D eigenvalue weighted by Crippen LogP contribution is 2.29. The number of hydrazone groups is 1. The fourth-order valence-electron chi connectivity index (χ4n) is 1.55. The molecule has 8 heteroatoms. The highest BCUT2D eigenvalue weighted by molar-refractivity contribution is 9.11. The number of nitrogens with zero attached hydrogens (tertiary/aromatic N) is 1. The van der Waals surface area contributed by atoms with Gasteiger partial charge in [-0.15, -0.1) is 0 Å². The van der Waals surface area contributed by atoms with Gasteiger partial charge >= 0.3 is 0 Å². The second-order valence-electron chi connectivity index (χ2n) is 4.22. The summed E-state index contributed by atoms with van der Waals surface area (Å²) in [6, 6.07) is 8.21. The number of carbonyl (C=O) groups is 1. The monoisotopic (exact) mass is 463 g/mol. The van der Waals surface area contributed by atoms with Gasteiger partial charge in [0.1, 0.15) is 0 Å². The van der Waals surface area contributed by atoms with Crippen LogP contribution in [0.25, 0.3) is 0 Å². The van der Waals surface area contributed by atoms with Crippen LogP contribution >= 0.6 is 55.1 Å². The molecule has 22 heavy (non-hydrogen) atoms. The summed E-state index contributed by atoms with van der Waals surface area (Å²) in [6.45, 7) is 0. The Bertz CT molecular complexity index is 743. The SMILES string of the molecule is Nc1c(Br)cc(C(=O)N/N=C/c2ccc(Cl)cc2Cl)cc1Br. The molecule has 0 aromatic heterocycles. The minimum atomic E-state index is -0.372. The van der Waals surface area contributed by atoms with Gasteiger partial charge < -0.3 is 5.73 Å². The molecule has 0 fully saturated rings. The molecule has 2 rings (SSSR count). The molecule has 0 aliphatic rings. The first-order valence-electron chi connectivity index (χ1n) is 5.91. The third-order valence-corrected chi connectivity index (χ3v) is 4.55. The number of carbonyl (C=O) groups excluding carboxylic acids is 1. The highest BCUT2D eigenvalue weighted by Gasteiger charge is 2.10. The predicted octanol–water partition coefficient (Wildman–Crippen LogP) is 4.86. The van der Waals surface area contributed by atoms with Crippen LogP contribution in [-0.2, 0) is 0 Å². The molecule has 4 nitrogen and oxygen atoms in total. The largest absolute Gasteiger partial charge is 0.397 e. The van der Waals surface area contributed by atoms with Crippen LogP contribution in [0.3, 0.4) is 0 Å². The van der Waals surface area contributed by atoms with Gasteiger partial charge in [-0.1, -0.05) is 29.3 Å². The summed E-state index contributed by atoms with van der Waals surface area (Å²) in [6.07, 6.45) is 1.44. The summed E-state index contributed by atoms with van der Waals surface area (Å²) >= 11 is 18.4. The molecule has 0 aliphatic heterocycles. The zero-order chi connectivity index (χ0) is 16.3. The van der Waals surface area contributed by atoms with Crippen molar-refractivity contribution < 1.29 is 4.79 Å². The maximum atomic E-state index is 12.0. The van der Waals surface area contributed by atoms with Crippen molar-refractivity contribution in [1.29, 1.82) is 0 Å². The van der Waals surface area contributed by atoms with Gasteiger partial charge in [0.25, 0.3) is 5.91 Å². The fourth-order valence-corrected chi connectivity index (χ4v) is 3.19. The molecule has 0 heterocycles. The van der Waals surface area contributed by atoms with E-state index in [1.807, 2.05) is 0 Å². The first-order valence-corrected chi connectivity index (χ1v) is 8.25. The van der Waals surface area contributed by atoms with Crippen LogP contribution < -0.4 is 11.2 Å². The Morgan fingerprint density at radius 3 is 2.41 bits per heavy atom. The standard InChI is InChI=1S/C14H9Br2Cl2N3O/c15-10-3-8(4-11(16)13(10)19)14(22)21-20-6-7-1-2-9(17)5-12(7)18/h1-6H,19H2,(H,21,22)/b20-6+. The lowest BCUT2D eigenvalue weighted by Crippen LogP contribution is -2.17.